The molecule has 0 fully saturated rings. The van der Waals surface area contributed by atoms with E-state index in [2.05, 4.69) is 0 Å². The van der Waals surface area contributed by atoms with Gasteiger partial charge < -0.3 is 9.80 Å². The fourth-order valence-corrected chi connectivity index (χ4v) is 2.24. The SMILES string of the molecule is CCN(C(=O)c1cc(C)ccc1F)C(C)CN(C)C. The fraction of sp³-hybridized carbons (Fsp3) is 0.533. The number of hydrogen-bond donors (Lipinski definition) is 0. The number of carbonyl (C=O) groups is 1. The number of amides is 1. The molecular formula is C15H23FN2O. The molecule has 0 spiro atoms. The molecule has 0 bridgehead atoms. The van der Waals surface area contributed by atoms with Crippen molar-refractivity contribution < 1.29 is 9.18 Å². The Labute approximate surface area is 115 Å². The Balaban J connectivity index is 2.98. The number of aryl methyl sites for hydroxylation is 1. The molecule has 1 aromatic rings. The van der Waals surface area contributed by atoms with Gasteiger partial charge in [0.1, 0.15) is 5.82 Å². The van der Waals surface area contributed by atoms with E-state index in [1.807, 2.05) is 39.8 Å². The largest absolute Gasteiger partial charge is 0.335 e. The molecule has 0 aliphatic rings. The summed E-state index contributed by atoms with van der Waals surface area (Å²) in [4.78, 5) is 16.2. The lowest BCUT2D eigenvalue weighted by molar-refractivity contribution is 0.0674. The highest BCUT2D eigenvalue weighted by molar-refractivity contribution is 5.94. The Hall–Kier alpha value is -1.42. The third-order valence-corrected chi connectivity index (χ3v) is 3.12. The Morgan fingerprint density at radius 1 is 1.37 bits per heavy atom. The zero-order valence-electron chi connectivity index (χ0n) is 12.4. The average molecular weight is 266 g/mol. The van der Waals surface area contributed by atoms with Crippen molar-refractivity contribution >= 4 is 5.91 Å². The van der Waals surface area contributed by atoms with Crippen LogP contribution in [0.15, 0.2) is 18.2 Å². The highest BCUT2D eigenvalue weighted by atomic mass is 19.1. The minimum Gasteiger partial charge on any atom is -0.335 e. The molecule has 0 radical (unpaired) electrons. The second-order valence-corrected chi connectivity index (χ2v) is 5.19. The summed E-state index contributed by atoms with van der Waals surface area (Å²) in [6.07, 6.45) is 0. The summed E-state index contributed by atoms with van der Waals surface area (Å²) < 4.78 is 13.8. The summed E-state index contributed by atoms with van der Waals surface area (Å²) in [6, 6.07) is 4.69. The monoisotopic (exact) mass is 266 g/mol. The van der Waals surface area contributed by atoms with E-state index in [-0.39, 0.29) is 17.5 Å². The van der Waals surface area contributed by atoms with Crippen molar-refractivity contribution in [3.8, 4) is 0 Å². The fourth-order valence-electron chi connectivity index (χ4n) is 2.24. The number of hydrogen-bond acceptors (Lipinski definition) is 2. The van der Waals surface area contributed by atoms with Crippen molar-refractivity contribution in [2.45, 2.75) is 26.8 Å². The van der Waals surface area contributed by atoms with Gasteiger partial charge in [0.25, 0.3) is 5.91 Å². The molecule has 4 heteroatoms. The highest BCUT2D eigenvalue weighted by Crippen LogP contribution is 2.14. The molecule has 3 nitrogen and oxygen atoms in total. The Bertz CT molecular complexity index is 446. The lowest BCUT2D eigenvalue weighted by Gasteiger charge is -2.30. The summed E-state index contributed by atoms with van der Waals surface area (Å²) in [5, 5.41) is 0. The summed E-state index contributed by atoms with van der Waals surface area (Å²) in [6.45, 7) is 7.08. The average Bonchev–Trinajstić information content (AvgIpc) is 2.32. The van der Waals surface area contributed by atoms with Gasteiger partial charge in [0.05, 0.1) is 5.56 Å². The molecule has 0 aliphatic heterocycles. The van der Waals surface area contributed by atoms with Crippen LogP contribution in [0.3, 0.4) is 0 Å². The van der Waals surface area contributed by atoms with Gasteiger partial charge in [-0.15, -0.1) is 0 Å². The van der Waals surface area contributed by atoms with Gasteiger partial charge in [0, 0.05) is 19.1 Å². The maximum absolute atomic E-state index is 13.8. The predicted molar refractivity (Wildman–Crippen MR) is 75.9 cm³/mol. The number of rotatable bonds is 5. The molecule has 0 N–H and O–H groups in total. The molecule has 106 valence electrons. The van der Waals surface area contributed by atoms with E-state index in [1.54, 1.807) is 17.0 Å². The Morgan fingerprint density at radius 3 is 2.53 bits per heavy atom. The number of carbonyl (C=O) groups excluding carboxylic acids is 1. The van der Waals surface area contributed by atoms with Crippen LogP contribution in [0.25, 0.3) is 0 Å². The molecule has 1 unspecified atom stereocenters. The van der Waals surface area contributed by atoms with E-state index in [1.165, 1.54) is 6.07 Å². The maximum Gasteiger partial charge on any atom is 0.257 e. The summed E-state index contributed by atoms with van der Waals surface area (Å²) in [5.41, 5.74) is 1.05. The maximum atomic E-state index is 13.8. The standard InChI is InChI=1S/C15H23FN2O/c1-6-18(12(3)10-17(4)5)15(19)13-9-11(2)7-8-14(13)16/h7-9,12H,6,10H2,1-5H3. The zero-order chi connectivity index (χ0) is 14.6. The molecular weight excluding hydrogens is 243 g/mol. The highest BCUT2D eigenvalue weighted by Gasteiger charge is 2.22. The topological polar surface area (TPSA) is 23.6 Å². The van der Waals surface area contributed by atoms with Crippen molar-refractivity contribution in [2.75, 3.05) is 27.2 Å². The first-order chi connectivity index (χ1) is 8.86. The molecule has 0 saturated carbocycles. The van der Waals surface area contributed by atoms with E-state index in [9.17, 15) is 9.18 Å². The van der Waals surface area contributed by atoms with Gasteiger partial charge in [-0.1, -0.05) is 11.6 Å². The minimum atomic E-state index is -0.453. The molecule has 0 heterocycles. The van der Waals surface area contributed by atoms with Crippen LogP contribution in [-0.2, 0) is 0 Å². The molecule has 1 aromatic carbocycles. The van der Waals surface area contributed by atoms with Crippen molar-refractivity contribution in [3.05, 3.63) is 35.1 Å². The second kappa shape index (κ2) is 6.66. The predicted octanol–water partition coefficient (Wildman–Crippen LogP) is 2.55. The van der Waals surface area contributed by atoms with Crippen molar-refractivity contribution in [1.29, 1.82) is 0 Å². The lowest BCUT2D eigenvalue weighted by atomic mass is 10.1. The minimum absolute atomic E-state index is 0.0485. The van der Waals surface area contributed by atoms with Gasteiger partial charge in [-0.3, -0.25) is 4.79 Å². The van der Waals surface area contributed by atoms with E-state index in [4.69, 9.17) is 0 Å². The van der Waals surface area contributed by atoms with Gasteiger partial charge in [-0.25, -0.2) is 4.39 Å². The molecule has 19 heavy (non-hydrogen) atoms. The second-order valence-electron chi connectivity index (χ2n) is 5.19. The van der Waals surface area contributed by atoms with Gasteiger partial charge in [-0.2, -0.15) is 0 Å². The molecule has 1 amide bonds. The van der Waals surface area contributed by atoms with Crippen molar-refractivity contribution in [1.82, 2.24) is 9.80 Å². The van der Waals surface area contributed by atoms with Crippen molar-refractivity contribution in [3.63, 3.8) is 0 Å². The first-order valence-electron chi connectivity index (χ1n) is 6.58. The van der Waals surface area contributed by atoms with Crippen LogP contribution in [-0.4, -0.2) is 48.9 Å². The molecule has 0 saturated heterocycles. The van der Waals surface area contributed by atoms with E-state index >= 15 is 0 Å². The Morgan fingerprint density at radius 2 is 2.00 bits per heavy atom. The van der Waals surface area contributed by atoms with Crippen molar-refractivity contribution in [2.24, 2.45) is 0 Å². The lowest BCUT2D eigenvalue weighted by Crippen LogP contribution is -2.44. The van der Waals surface area contributed by atoms with Crippen LogP contribution in [0.5, 0.6) is 0 Å². The van der Waals surface area contributed by atoms with Gasteiger partial charge in [-0.05, 0) is 47.0 Å². The first kappa shape index (κ1) is 15.6. The number of nitrogens with zero attached hydrogens (tertiary/aromatic N) is 2. The summed E-state index contributed by atoms with van der Waals surface area (Å²) >= 11 is 0. The number of benzene rings is 1. The van der Waals surface area contributed by atoms with Gasteiger partial charge in [0.15, 0.2) is 0 Å². The normalized spacial score (nSPS) is 12.6. The van der Waals surface area contributed by atoms with Crippen LogP contribution in [0.1, 0.15) is 29.8 Å². The quantitative estimate of drug-likeness (QED) is 0.817. The van der Waals surface area contributed by atoms with Crippen LogP contribution in [0, 0.1) is 12.7 Å². The molecule has 0 aliphatic carbocycles. The number of likely N-dealkylation sites (N-methyl/N-ethyl adjacent to an activating group) is 2. The van der Waals surface area contributed by atoms with Gasteiger partial charge >= 0.3 is 0 Å². The van der Waals surface area contributed by atoms with Crippen LogP contribution >= 0.6 is 0 Å². The number of halogens is 1. The Kier molecular flexibility index (Phi) is 5.48. The third-order valence-electron chi connectivity index (χ3n) is 3.12. The summed E-state index contributed by atoms with van der Waals surface area (Å²) in [5.74, 6) is -0.691. The van der Waals surface area contributed by atoms with Crippen LogP contribution in [0.4, 0.5) is 4.39 Å². The molecule has 0 aromatic heterocycles. The molecule has 1 atom stereocenters. The first-order valence-corrected chi connectivity index (χ1v) is 6.58. The van der Waals surface area contributed by atoms with Gasteiger partial charge in [0.2, 0.25) is 0 Å². The van der Waals surface area contributed by atoms with Crippen LogP contribution in [0.2, 0.25) is 0 Å². The zero-order valence-corrected chi connectivity index (χ0v) is 12.4. The summed E-state index contributed by atoms with van der Waals surface area (Å²) in [7, 11) is 3.92. The third kappa shape index (κ3) is 4.03. The van der Waals surface area contributed by atoms with Crippen LogP contribution < -0.4 is 0 Å². The smallest absolute Gasteiger partial charge is 0.257 e. The van der Waals surface area contributed by atoms with E-state index in [0.29, 0.717) is 6.54 Å². The van der Waals surface area contributed by atoms with E-state index in [0.717, 1.165) is 12.1 Å². The van der Waals surface area contributed by atoms with E-state index < -0.39 is 5.82 Å². The molecule has 1 rings (SSSR count).